The molecule has 0 aliphatic carbocycles. The first kappa shape index (κ1) is 20.6. The Morgan fingerprint density at radius 1 is 1.13 bits per heavy atom. The minimum absolute atomic E-state index is 0.220. The number of anilines is 1. The first-order valence-electron chi connectivity index (χ1n) is 9.68. The molecule has 0 bridgehead atoms. The summed E-state index contributed by atoms with van der Waals surface area (Å²) in [6.45, 7) is 3.05. The summed E-state index contributed by atoms with van der Waals surface area (Å²) in [6, 6.07) is 12.9. The molecule has 0 saturated heterocycles. The van der Waals surface area contributed by atoms with Crippen molar-refractivity contribution in [1.82, 2.24) is 14.5 Å². The van der Waals surface area contributed by atoms with Gasteiger partial charge in [-0.05, 0) is 42.8 Å². The SMILES string of the molecule is COc1cc(C(=O)Nc2ccc(Cn3ccnc3C)cc2)ccc1OCc1cscn1. The van der Waals surface area contributed by atoms with Gasteiger partial charge in [-0.2, -0.15) is 0 Å². The molecule has 0 radical (unpaired) electrons. The maximum atomic E-state index is 12.7. The van der Waals surface area contributed by atoms with Crippen LogP contribution in [-0.4, -0.2) is 27.6 Å². The predicted molar refractivity (Wildman–Crippen MR) is 120 cm³/mol. The number of benzene rings is 2. The summed E-state index contributed by atoms with van der Waals surface area (Å²) in [5.74, 6) is 1.80. The maximum Gasteiger partial charge on any atom is 0.255 e. The molecule has 2 heterocycles. The summed E-state index contributed by atoms with van der Waals surface area (Å²) in [6.07, 6.45) is 3.73. The van der Waals surface area contributed by atoms with Crippen molar-refractivity contribution < 1.29 is 14.3 Å². The Morgan fingerprint density at radius 2 is 1.97 bits per heavy atom. The van der Waals surface area contributed by atoms with Gasteiger partial charge >= 0.3 is 0 Å². The third-order valence-corrected chi connectivity index (χ3v) is 5.41. The lowest BCUT2D eigenvalue weighted by Crippen LogP contribution is -2.12. The molecular formula is C23H22N4O3S. The van der Waals surface area contributed by atoms with E-state index in [1.165, 1.54) is 11.3 Å². The van der Waals surface area contributed by atoms with E-state index in [1.54, 1.807) is 37.0 Å². The zero-order valence-corrected chi connectivity index (χ0v) is 18.1. The van der Waals surface area contributed by atoms with Crippen LogP contribution in [0, 0.1) is 6.92 Å². The minimum atomic E-state index is -0.220. The predicted octanol–water partition coefficient (Wildman–Crippen LogP) is 4.54. The monoisotopic (exact) mass is 434 g/mol. The van der Waals surface area contributed by atoms with Crippen LogP contribution in [0.25, 0.3) is 0 Å². The van der Waals surface area contributed by atoms with E-state index in [4.69, 9.17) is 9.47 Å². The van der Waals surface area contributed by atoms with Crippen molar-refractivity contribution in [3.05, 3.63) is 88.4 Å². The molecule has 158 valence electrons. The third kappa shape index (κ3) is 5.10. The number of aromatic nitrogens is 3. The summed E-state index contributed by atoms with van der Waals surface area (Å²) in [5.41, 5.74) is 4.94. The van der Waals surface area contributed by atoms with E-state index in [2.05, 4.69) is 19.9 Å². The summed E-state index contributed by atoms with van der Waals surface area (Å²) >= 11 is 1.51. The van der Waals surface area contributed by atoms with Crippen molar-refractivity contribution >= 4 is 22.9 Å². The molecule has 0 aliphatic heterocycles. The number of rotatable bonds is 8. The van der Waals surface area contributed by atoms with E-state index in [9.17, 15) is 4.79 Å². The van der Waals surface area contributed by atoms with Crippen LogP contribution in [0.4, 0.5) is 5.69 Å². The molecule has 7 nitrogen and oxygen atoms in total. The first-order valence-corrected chi connectivity index (χ1v) is 10.6. The van der Waals surface area contributed by atoms with Crippen LogP contribution in [0.5, 0.6) is 11.5 Å². The lowest BCUT2D eigenvalue weighted by Gasteiger charge is -2.12. The molecule has 2 aromatic heterocycles. The van der Waals surface area contributed by atoms with Gasteiger partial charge in [-0.3, -0.25) is 4.79 Å². The summed E-state index contributed by atoms with van der Waals surface area (Å²) < 4.78 is 13.2. The van der Waals surface area contributed by atoms with Crippen molar-refractivity contribution in [3.63, 3.8) is 0 Å². The van der Waals surface area contributed by atoms with Gasteiger partial charge in [0.2, 0.25) is 0 Å². The van der Waals surface area contributed by atoms with E-state index in [1.807, 2.05) is 42.8 Å². The van der Waals surface area contributed by atoms with Gasteiger partial charge in [0, 0.05) is 35.6 Å². The fourth-order valence-corrected chi connectivity index (χ4v) is 3.60. The molecule has 31 heavy (non-hydrogen) atoms. The highest BCUT2D eigenvalue weighted by Gasteiger charge is 2.12. The van der Waals surface area contributed by atoms with Crippen molar-refractivity contribution in [2.45, 2.75) is 20.1 Å². The molecule has 4 rings (SSSR count). The van der Waals surface area contributed by atoms with Gasteiger partial charge in [-0.25, -0.2) is 9.97 Å². The summed E-state index contributed by atoms with van der Waals surface area (Å²) in [5, 5.41) is 4.84. The average molecular weight is 435 g/mol. The quantitative estimate of drug-likeness (QED) is 0.441. The van der Waals surface area contributed by atoms with Gasteiger partial charge in [0.15, 0.2) is 11.5 Å². The molecule has 1 amide bonds. The first-order chi connectivity index (χ1) is 15.1. The highest BCUT2D eigenvalue weighted by molar-refractivity contribution is 7.07. The second kappa shape index (κ2) is 9.44. The molecule has 0 unspecified atom stereocenters. The Balaban J connectivity index is 1.40. The number of hydrogen-bond donors (Lipinski definition) is 1. The number of imidazole rings is 1. The van der Waals surface area contributed by atoms with Gasteiger partial charge in [0.05, 0.1) is 18.3 Å². The van der Waals surface area contributed by atoms with Gasteiger partial charge in [0.25, 0.3) is 5.91 Å². The summed E-state index contributed by atoms with van der Waals surface area (Å²) in [4.78, 5) is 21.1. The Morgan fingerprint density at radius 3 is 2.65 bits per heavy atom. The van der Waals surface area contributed by atoms with Crippen molar-refractivity contribution in [3.8, 4) is 11.5 Å². The zero-order chi connectivity index (χ0) is 21.6. The van der Waals surface area contributed by atoms with Crippen LogP contribution in [-0.2, 0) is 13.2 Å². The lowest BCUT2D eigenvalue weighted by atomic mass is 10.1. The van der Waals surface area contributed by atoms with Crippen LogP contribution >= 0.6 is 11.3 Å². The number of carbonyl (C=O) groups is 1. The number of nitrogens with one attached hydrogen (secondary N) is 1. The van der Waals surface area contributed by atoms with E-state index < -0.39 is 0 Å². The molecular weight excluding hydrogens is 412 g/mol. The Kier molecular flexibility index (Phi) is 6.28. The fraction of sp³-hybridized carbons (Fsp3) is 0.174. The normalized spacial score (nSPS) is 10.6. The third-order valence-electron chi connectivity index (χ3n) is 4.77. The Bertz CT molecular complexity index is 1150. The smallest absolute Gasteiger partial charge is 0.255 e. The number of methoxy groups -OCH3 is 1. The van der Waals surface area contributed by atoms with Gasteiger partial charge in [-0.15, -0.1) is 11.3 Å². The van der Waals surface area contributed by atoms with E-state index in [-0.39, 0.29) is 5.91 Å². The molecule has 0 fully saturated rings. The van der Waals surface area contributed by atoms with E-state index in [0.29, 0.717) is 23.7 Å². The average Bonchev–Trinajstić information content (AvgIpc) is 3.45. The maximum absolute atomic E-state index is 12.7. The molecule has 1 N–H and O–H groups in total. The van der Waals surface area contributed by atoms with E-state index >= 15 is 0 Å². The standard InChI is InChI=1S/C23H22N4O3S/c1-16-24-9-10-27(16)12-17-3-6-19(7-4-17)26-23(28)18-5-8-21(22(11-18)29-2)30-13-20-14-31-15-25-20/h3-11,14-15H,12-13H2,1-2H3,(H,26,28). The van der Waals surface area contributed by atoms with Crippen LogP contribution in [0.3, 0.4) is 0 Å². The number of amides is 1. The number of ether oxygens (including phenoxy) is 2. The van der Waals surface area contributed by atoms with Crippen LogP contribution in [0.1, 0.15) is 27.4 Å². The van der Waals surface area contributed by atoms with Crippen molar-refractivity contribution in [2.24, 2.45) is 0 Å². The molecule has 0 aliphatic rings. The Labute approximate surface area is 184 Å². The second-order valence-corrected chi connectivity index (χ2v) is 7.61. The largest absolute Gasteiger partial charge is 0.493 e. The molecule has 0 saturated carbocycles. The number of hydrogen-bond acceptors (Lipinski definition) is 6. The zero-order valence-electron chi connectivity index (χ0n) is 17.2. The molecule has 8 heteroatoms. The molecule has 2 aromatic carbocycles. The van der Waals surface area contributed by atoms with Crippen LogP contribution < -0.4 is 14.8 Å². The Hall–Kier alpha value is -3.65. The van der Waals surface area contributed by atoms with Gasteiger partial charge in [0.1, 0.15) is 12.4 Å². The number of aryl methyl sites for hydroxylation is 1. The molecule has 4 aromatic rings. The highest BCUT2D eigenvalue weighted by Crippen LogP contribution is 2.29. The van der Waals surface area contributed by atoms with Crippen LogP contribution in [0.15, 0.2) is 65.7 Å². The minimum Gasteiger partial charge on any atom is -0.493 e. The van der Waals surface area contributed by atoms with E-state index in [0.717, 1.165) is 29.3 Å². The summed E-state index contributed by atoms with van der Waals surface area (Å²) in [7, 11) is 1.55. The highest BCUT2D eigenvalue weighted by atomic mass is 32.1. The lowest BCUT2D eigenvalue weighted by molar-refractivity contribution is 0.102. The van der Waals surface area contributed by atoms with Gasteiger partial charge in [-0.1, -0.05) is 12.1 Å². The van der Waals surface area contributed by atoms with Gasteiger partial charge < -0.3 is 19.4 Å². The number of nitrogens with zero attached hydrogens (tertiary/aromatic N) is 3. The van der Waals surface area contributed by atoms with Crippen molar-refractivity contribution in [1.29, 1.82) is 0 Å². The van der Waals surface area contributed by atoms with Crippen molar-refractivity contribution in [2.75, 3.05) is 12.4 Å². The number of thiazole rings is 1. The second-order valence-electron chi connectivity index (χ2n) is 6.89. The molecule has 0 spiro atoms. The topological polar surface area (TPSA) is 78.3 Å². The fourth-order valence-electron chi connectivity index (χ4n) is 3.05. The molecule has 0 atom stereocenters. The van der Waals surface area contributed by atoms with Crippen LogP contribution in [0.2, 0.25) is 0 Å². The number of carbonyl (C=O) groups excluding carboxylic acids is 1.